The summed E-state index contributed by atoms with van der Waals surface area (Å²) in [5.41, 5.74) is -0.136. The van der Waals surface area contributed by atoms with E-state index in [-0.39, 0.29) is 34.2 Å². The van der Waals surface area contributed by atoms with Crippen molar-refractivity contribution < 1.29 is 18.3 Å². The van der Waals surface area contributed by atoms with E-state index in [4.69, 9.17) is 16.3 Å². The molecule has 2 N–H and O–H groups in total. The Morgan fingerprint density at radius 2 is 2.14 bits per heavy atom. The molecule has 0 saturated carbocycles. The molecule has 1 heterocycles. The smallest absolute Gasteiger partial charge is 0.259 e. The molecule has 0 bridgehead atoms. The third-order valence-electron chi connectivity index (χ3n) is 3.46. The molecule has 146 valence electrons. The van der Waals surface area contributed by atoms with Crippen molar-refractivity contribution in [1.82, 2.24) is 4.98 Å². The largest absolute Gasteiger partial charge is 0.454 e. The van der Waals surface area contributed by atoms with Crippen molar-refractivity contribution in [2.75, 3.05) is 5.32 Å². The Kier molecular flexibility index (Phi) is 7.28. The zero-order chi connectivity index (χ0) is 20.7. The lowest BCUT2D eigenvalue weighted by atomic mass is 10.1. The van der Waals surface area contributed by atoms with Crippen LogP contribution in [0.5, 0.6) is 0 Å². The first-order valence-corrected chi connectivity index (χ1v) is 8.52. The van der Waals surface area contributed by atoms with Gasteiger partial charge in [-0.05, 0) is 37.6 Å². The molecule has 1 aromatic rings. The van der Waals surface area contributed by atoms with E-state index in [1.54, 1.807) is 6.92 Å². The summed E-state index contributed by atoms with van der Waals surface area (Å²) < 4.78 is 33.0. The van der Waals surface area contributed by atoms with E-state index in [0.29, 0.717) is 6.08 Å². The number of halogens is 3. The zero-order valence-corrected chi connectivity index (χ0v) is 15.6. The fourth-order valence-corrected chi connectivity index (χ4v) is 2.35. The number of hydrogen-bond donors (Lipinski definition) is 2. The minimum absolute atomic E-state index is 0.00783. The number of pyridine rings is 1. The van der Waals surface area contributed by atoms with Crippen LogP contribution < -0.4 is 10.9 Å². The number of aromatic nitrogens is 1. The van der Waals surface area contributed by atoms with Crippen LogP contribution in [0.15, 0.2) is 93.9 Å². The molecule has 2 rings (SSSR count). The van der Waals surface area contributed by atoms with Crippen LogP contribution in [0.25, 0.3) is 0 Å². The van der Waals surface area contributed by atoms with Gasteiger partial charge in [0, 0.05) is 29.1 Å². The Hall–Kier alpha value is -3.19. The quantitative estimate of drug-likeness (QED) is 0.400. The maximum Gasteiger partial charge on any atom is 0.259 e. The molecule has 0 atom stereocenters. The van der Waals surface area contributed by atoms with E-state index in [2.05, 4.69) is 16.9 Å². The Bertz CT molecular complexity index is 1000. The summed E-state index contributed by atoms with van der Waals surface area (Å²) in [6.45, 7) is 5.08. The van der Waals surface area contributed by atoms with Crippen LogP contribution in [0.4, 0.5) is 14.5 Å². The third kappa shape index (κ3) is 5.92. The van der Waals surface area contributed by atoms with Crippen LogP contribution in [-0.2, 0) is 9.53 Å². The summed E-state index contributed by atoms with van der Waals surface area (Å²) >= 11 is 5.82. The summed E-state index contributed by atoms with van der Waals surface area (Å²) in [5.74, 6) is -2.67. The minimum atomic E-state index is -0.942. The highest BCUT2D eigenvalue weighted by atomic mass is 35.5. The van der Waals surface area contributed by atoms with Crippen molar-refractivity contribution in [3.63, 3.8) is 0 Å². The predicted molar refractivity (Wildman–Crippen MR) is 105 cm³/mol. The van der Waals surface area contributed by atoms with Crippen LogP contribution in [0.2, 0.25) is 0 Å². The lowest BCUT2D eigenvalue weighted by Gasteiger charge is -2.15. The summed E-state index contributed by atoms with van der Waals surface area (Å²) in [4.78, 5) is 26.4. The molecule has 0 saturated heterocycles. The topological polar surface area (TPSA) is 71.2 Å². The van der Waals surface area contributed by atoms with Crippen LogP contribution >= 0.6 is 11.6 Å². The van der Waals surface area contributed by atoms with Crippen molar-refractivity contribution in [3.8, 4) is 0 Å². The van der Waals surface area contributed by atoms with Crippen molar-refractivity contribution in [1.29, 1.82) is 0 Å². The zero-order valence-electron chi connectivity index (χ0n) is 14.9. The monoisotopic (exact) mass is 406 g/mol. The lowest BCUT2D eigenvalue weighted by molar-refractivity contribution is -0.112. The van der Waals surface area contributed by atoms with Gasteiger partial charge in [-0.3, -0.25) is 9.59 Å². The molecule has 0 fully saturated rings. The number of anilines is 1. The van der Waals surface area contributed by atoms with Gasteiger partial charge in [-0.15, -0.1) is 0 Å². The van der Waals surface area contributed by atoms with E-state index >= 15 is 0 Å². The van der Waals surface area contributed by atoms with Crippen LogP contribution in [0, 0.1) is 0 Å². The van der Waals surface area contributed by atoms with Gasteiger partial charge in [0.15, 0.2) is 11.6 Å². The number of H-pyrrole nitrogens is 1. The molecule has 0 aromatic carbocycles. The molecular formula is C20H17ClF2N2O3. The second kappa shape index (κ2) is 9.66. The number of rotatable bonds is 6. The van der Waals surface area contributed by atoms with Crippen LogP contribution in [0.3, 0.4) is 0 Å². The van der Waals surface area contributed by atoms with Gasteiger partial charge < -0.3 is 15.0 Å². The number of amides is 1. The maximum absolute atomic E-state index is 14.2. The molecule has 1 amide bonds. The molecular weight excluding hydrogens is 390 g/mol. The molecule has 8 heteroatoms. The Morgan fingerprint density at radius 3 is 2.79 bits per heavy atom. The normalized spacial score (nSPS) is 15.1. The molecule has 5 nitrogen and oxygen atoms in total. The Balaban J connectivity index is 2.31. The van der Waals surface area contributed by atoms with Crippen LogP contribution in [0.1, 0.15) is 13.3 Å². The fourth-order valence-electron chi connectivity index (χ4n) is 2.25. The van der Waals surface area contributed by atoms with Gasteiger partial charge in [0.2, 0.25) is 5.56 Å². The first-order valence-electron chi connectivity index (χ1n) is 8.14. The Morgan fingerprint density at radius 1 is 1.39 bits per heavy atom. The number of carbonyl (C=O) groups is 1. The number of ether oxygens (including phenoxy) is 1. The van der Waals surface area contributed by atoms with Gasteiger partial charge in [-0.2, -0.15) is 0 Å². The van der Waals surface area contributed by atoms with E-state index in [9.17, 15) is 18.4 Å². The van der Waals surface area contributed by atoms with Gasteiger partial charge in [-0.25, -0.2) is 8.78 Å². The SMILES string of the molecule is C=C(Cl)/C=C(OC1=CCC=C(F)C=C1F)\C(=C/C)C(=O)Nc1cc[nH]c(=O)c1. The second-order valence-electron chi connectivity index (χ2n) is 5.54. The summed E-state index contributed by atoms with van der Waals surface area (Å²) in [5, 5.41) is 2.57. The van der Waals surface area contributed by atoms with Gasteiger partial charge >= 0.3 is 0 Å². The van der Waals surface area contributed by atoms with E-state index < -0.39 is 23.1 Å². The van der Waals surface area contributed by atoms with E-state index in [1.807, 2.05) is 0 Å². The molecule has 0 radical (unpaired) electrons. The molecule has 28 heavy (non-hydrogen) atoms. The molecule has 1 aromatic heterocycles. The Labute approximate surface area is 165 Å². The molecule has 1 aliphatic rings. The highest BCUT2D eigenvalue weighted by molar-refractivity contribution is 6.31. The number of carbonyl (C=O) groups excluding carboxylic acids is 1. The molecule has 1 aliphatic carbocycles. The van der Waals surface area contributed by atoms with E-state index in [0.717, 1.165) is 0 Å². The van der Waals surface area contributed by atoms with Gasteiger partial charge in [-0.1, -0.05) is 24.3 Å². The molecule has 0 aliphatic heterocycles. The van der Waals surface area contributed by atoms with Crippen molar-refractivity contribution >= 4 is 23.2 Å². The number of aromatic amines is 1. The first-order chi connectivity index (χ1) is 13.3. The summed E-state index contributed by atoms with van der Waals surface area (Å²) in [7, 11) is 0. The number of nitrogens with one attached hydrogen (secondary N) is 2. The first kappa shape index (κ1) is 21.1. The maximum atomic E-state index is 14.2. The van der Waals surface area contributed by atoms with Crippen molar-refractivity contribution in [3.05, 3.63) is 99.4 Å². The standard InChI is InChI=1S/C20H17ClF2N2O3/c1-3-15(20(27)25-14-7-8-24-19(26)11-14)18(9-12(2)21)28-17-6-4-5-13(22)10-16(17)23/h3,5-11H,2,4H2,1H3,(H2,24,25,26,27)/b15-3+,18-9+. The van der Waals surface area contributed by atoms with Crippen LogP contribution in [-0.4, -0.2) is 10.9 Å². The molecule has 0 unspecified atom stereocenters. The summed E-state index contributed by atoms with van der Waals surface area (Å²) in [6, 6.07) is 2.68. The van der Waals surface area contributed by atoms with Crippen molar-refractivity contribution in [2.45, 2.75) is 13.3 Å². The highest BCUT2D eigenvalue weighted by Gasteiger charge is 2.20. The average molecular weight is 407 g/mol. The van der Waals surface area contributed by atoms with Gasteiger partial charge in [0.1, 0.15) is 11.6 Å². The highest BCUT2D eigenvalue weighted by Crippen LogP contribution is 2.27. The van der Waals surface area contributed by atoms with Crippen molar-refractivity contribution in [2.24, 2.45) is 0 Å². The average Bonchev–Trinajstić information content (AvgIpc) is 2.75. The van der Waals surface area contributed by atoms with E-state index in [1.165, 1.54) is 42.6 Å². The number of hydrogen-bond acceptors (Lipinski definition) is 3. The second-order valence-corrected chi connectivity index (χ2v) is 6.03. The lowest BCUT2D eigenvalue weighted by Crippen LogP contribution is -2.18. The fraction of sp³-hybridized carbons (Fsp3) is 0.100. The molecule has 0 spiro atoms. The van der Waals surface area contributed by atoms with Gasteiger partial charge in [0.05, 0.1) is 5.57 Å². The minimum Gasteiger partial charge on any atom is -0.454 e. The third-order valence-corrected chi connectivity index (χ3v) is 3.56. The predicted octanol–water partition coefficient (Wildman–Crippen LogP) is 4.91. The van der Waals surface area contributed by atoms with Gasteiger partial charge in [0.25, 0.3) is 5.91 Å². The number of allylic oxidation sites excluding steroid dienone is 8. The summed E-state index contributed by atoms with van der Waals surface area (Å²) in [6.07, 6.45) is 7.31.